The molecule has 0 unspecified atom stereocenters. The quantitative estimate of drug-likeness (QED) is 0.685. The first-order valence-electron chi connectivity index (χ1n) is 5.87. The third kappa shape index (κ3) is 2.65. The molecule has 1 aromatic rings. The van der Waals surface area contributed by atoms with E-state index in [1.54, 1.807) is 0 Å². The van der Waals surface area contributed by atoms with Gasteiger partial charge in [0.15, 0.2) is 0 Å². The summed E-state index contributed by atoms with van der Waals surface area (Å²) in [5.41, 5.74) is 2.65. The highest BCUT2D eigenvalue weighted by Crippen LogP contribution is 2.36. The standard InChI is InChI=1S/C15H17Br/c1-2-10-15(16)11-8-14(9-12-15)13-6-4-3-5-7-13/h3-9,11H,2,10,12H2,1H3/t15-/m1/s1. The molecule has 0 nitrogen and oxygen atoms in total. The van der Waals surface area contributed by atoms with Crippen LogP contribution < -0.4 is 0 Å². The maximum Gasteiger partial charge on any atom is 0.0474 e. The van der Waals surface area contributed by atoms with E-state index in [0.717, 1.165) is 6.42 Å². The first kappa shape index (κ1) is 11.7. The Balaban J connectivity index is 2.14. The van der Waals surface area contributed by atoms with E-state index in [0.29, 0.717) is 0 Å². The van der Waals surface area contributed by atoms with Crippen molar-refractivity contribution in [1.29, 1.82) is 0 Å². The Labute approximate surface area is 106 Å². The average Bonchev–Trinajstić information content (AvgIpc) is 2.31. The van der Waals surface area contributed by atoms with Gasteiger partial charge in [-0.15, -0.1) is 0 Å². The fourth-order valence-corrected chi connectivity index (χ4v) is 2.79. The molecule has 0 spiro atoms. The highest BCUT2D eigenvalue weighted by molar-refractivity contribution is 9.10. The second-order valence-corrected chi connectivity index (χ2v) is 5.93. The maximum atomic E-state index is 3.82. The minimum absolute atomic E-state index is 0.194. The molecule has 84 valence electrons. The molecule has 0 N–H and O–H groups in total. The summed E-state index contributed by atoms with van der Waals surface area (Å²) in [6.07, 6.45) is 10.4. The van der Waals surface area contributed by atoms with Crippen molar-refractivity contribution in [2.75, 3.05) is 0 Å². The molecule has 1 aliphatic carbocycles. The van der Waals surface area contributed by atoms with E-state index in [1.807, 2.05) is 0 Å². The Kier molecular flexibility index (Phi) is 3.65. The summed E-state index contributed by atoms with van der Waals surface area (Å²) in [6.45, 7) is 2.23. The Morgan fingerprint density at radius 2 is 2.00 bits per heavy atom. The second-order valence-electron chi connectivity index (χ2n) is 4.35. The van der Waals surface area contributed by atoms with Crippen LogP contribution in [0.1, 0.15) is 31.7 Å². The van der Waals surface area contributed by atoms with Gasteiger partial charge in [0.25, 0.3) is 0 Å². The molecule has 0 aromatic heterocycles. The molecule has 0 radical (unpaired) electrons. The van der Waals surface area contributed by atoms with Crippen LogP contribution in [-0.4, -0.2) is 4.32 Å². The summed E-state index contributed by atoms with van der Waals surface area (Å²) in [4.78, 5) is 0. The van der Waals surface area contributed by atoms with Gasteiger partial charge in [0.1, 0.15) is 0 Å². The lowest BCUT2D eigenvalue weighted by molar-refractivity contribution is 0.645. The third-order valence-corrected chi connectivity index (χ3v) is 3.98. The van der Waals surface area contributed by atoms with Gasteiger partial charge in [0.05, 0.1) is 0 Å². The molecule has 1 atom stereocenters. The topological polar surface area (TPSA) is 0 Å². The zero-order valence-electron chi connectivity index (χ0n) is 9.62. The van der Waals surface area contributed by atoms with Crippen LogP contribution >= 0.6 is 15.9 Å². The van der Waals surface area contributed by atoms with Crippen LogP contribution in [0.15, 0.2) is 48.6 Å². The second kappa shape index (κ2) is 5.01. The van der Waals surface area contributed by atoms with Gasteiger partial charge < -0.3 is 0 Å². The lowest BCUT2D eigenvalue weighted by Crippen LogP contribution is -2.18. The summed E-state index contributed by atoms with van der Waals surface area (Å²) in [5.74, 6) is 0. The predicted molar refractivity (Wildman–Crippen MR) is 74.7 cm³/mol. The first-order chi connectivity index (χ1) is 7.73. The van der Waals surface area contributed by atoms with E-state index >= 15 is 0 Å². The smallest absolute Gasteiger partial charge is 0.0474 e. The fourth-order valence-electron chi connectivity index (χ4n) is 2.10. The number of alkyl halides is 1. The van der Waals surface area contributed by atoms with Crippen LogP contribution in [-0.2, 0) is 0 Å². The van der Waals surface area contributed by atoms with Gasteiger partial charge >= 0.3 is 0 Å². The molecule has 1 aromatic carbocycles. The number of halogens is 1. The summed E-state index contributed by atoms with van der Waals surface area (Å²) in [5, 5.41) is 0. The van der Waals surface area contributed by atoms with E-state index in [2.05, 4.69) is 71.4 Å². The minimum Gasteiger partial charge on any atom is -0.0804 e. The monoisotopic (exact) mass is 276 g/mol. The molecule has 0 aliphatic heterocycles. The number of hydrogen-bond donors (Lipinski definition) is 0. The normalized spacial score (nSPS) is 24.2. The predicted octanol–water partition coefficient (Wildman–Crippen LogP) is 4.96. The zero-order valence-corrected chi connectivity index (χ0v) is 11.2. The van der Waals surface area contributed by atoms with Crippen molar-refractivity contribution in [3.8, 4) is 0 Å². The van der Waals surface area contributed by atoms with Gasteiger partial charge in [0, 0.05) is 4.32 Å². The molecule has 1 aliphatic rings. The minimum atomic E-state index is 0.194. The Hall–Kier alpha value is -0.820. The van der Waals surface area contributed by atoms with Crippen LogP contribution in [0.5, 0.6) is 0 Å². The lowest BCUT2D eigenvalue weighted by Gasteiger charge is -2.25. The Morgan fingerprint density at radius 3 is 2.56 bits per heavy atom. The number of hydrogen-bond acceptors (Lipinski definition) is 0. The van der Waals surface area contributed by atoms with E-state index in [1.165, 1.54) is 24.0 Å². The fraction of sp³-hybridized carbons (Fsp3) is 0.333. The summed E-state index contributed by atoms with van der Waals surface area (Å²) in [7, 11) is 0. The van der Waals surface area contributed by atoms with Crippen molar-refractivity contribution in [3.63, 3.8) is 0 Å². The number of benzene rings is 1. The summed E-state index contributed by atoms with van der Waals surface area (Å²) in [6, 6.07) is 10.6. The summed E-state index contributed by atoms with van der Waals surface area (Å²) >= 11 is 3.82. The SMILES string of the molecule is CCC[C@@]1(Br)C=CC(c2ccccc2)=CC1. The van der Waals surface area contributed by atoms with E-state index in [-0.39, 0.29) is 4.32 Å². The zero-order chi connectivity index (χ0) is 11.4. The third-order valence-electron chi connectivity index (χ3n) is 3.00. The van der Waals surface area contributed by atoms with E-state index in [4.69, 9.17) is 0 Å². The van der Waals surface area contributed by atoms with Crippen molar-refractivity contribution < 1.29 is 0 Å². The van der Waals surface area contributed by atoms with Gasteiger partial charge in [-0.2, -0.15) is 0 Å². The lowest BCUT2D eigenvalue weighted by atomic mass is 9.90. The summed E-state index contributed by atoms with van der Waals surface area (Å²) < 4.78 is 0.194. The van der Waals surface area contributed by atoms with Crippen LogP contribution in [0.3, 0.4) is 0 Å². The molecule has 0 amide bonds. The maximum absolute atomic E-state index is 3.82. The average molecular weight is 277 g/mol. The molecule has 0 heterocycles. The molecular formula is C15H17Br. The Bertz CT molecular complexity index is 403. The van der Waals surface area contributed by atoms with Crippen molar-refractivity contribution in [1.82, 2.24) is 0 Å². The van der Waals surface area contributed by atoms with Gasteiger partial charge in [-0.05, 0) is 24.0 Å². The number of rotatable bonds is 3. The van der Waals surface area contributed by atoms with Crippen LogP contribution in [0, 0.1) is 0 Å². The van der Waals surface area contributed by atoms with E-state index in [9.17, 15) is 0 Å². The van der Waals surface area contributed by atoms with Crippen molar-refractivity contribution >= 4 is 21.5 Å². The highest BCUT2D eigenvalue weighted by atomic mass is 79.9. The molecule has 2 rings (SSSR count). The largest absolute Gasteiger partial charge is 0.0804 e. The molecule has 0 saturated heterocycles. The molecular weight excluding hydrogens is 260 g/mol. The van der Waals surface area contributed by atoms with Crippen molar-refractivity contribution in [2.45, 2.75) is 30.5 Å². The number of allylic oxidation sites excluding steroid dienone is 4. The molecule has 1 heteroatoms. The van der Waals surface area contributed by atoms with Gasteiger partial charge in [-0.1, -0.05) is 77.8 Å². The van der Waals surface area contributed by atoms with Crippen LogP contribution in [0.2, 0.25) is 0 Å². The molecule has 0 fully saturated rings. The first-order valence-corrected chi connectivity index (χ1v) is 6.66. The van der Waals surface area contributed by atoms with Crippen LogP contribution in [0.25, 0.3) is 5.57 Å². The van der Waals surface area contributed by atoms with Crippen molar-refractivity contribution in [3.05, 3.63) is 54.1 Å². The van der Waals surface area contributed by atoms with Gasteiger partial charge in [0.2, 0.25) is 0 Å². The van der Waals surface area contributed by atoms with Gasteiger partial charge in [-0.25, -0.2) is 0 Å². The molecule has 0 bridgehead atoms. The molecule has 16 heavy (non-hydrogen) atoms. The highest BCUT2D eigenvalue weighted by Gasteiger charge is 2.23. The van der Waals surface area contributed by atoms with Crippen LogP contribution in [0.4, 0.5) is 0 Å². The van der Waals surface area contributed by atoms with Gasteiger partial charge in [-0.3, -0.25) is 0 Å². The molecule has 0 saturated carbocycles. The van der Waals surface area contributed by atoms with Crippen molar-refractivity contribution in [2.24, 2.45) is 0 Å². The Morgan fingerprint density at radius 1 is 1.25 bits per heavy atom. The van der Waals surface area contributed by atoms with E-state index < -0.39 is 0 Å².